The SMILES string of the molecule is CC(C)OC(=O)c1nnc(N=Nc2cc3c(cc2NS(=O)(=O)C(F)(F)F)N(C)C(C)CC3)s1. The highest BCUT2D eigenvalue weighted by Gasteiger charge is 2.46. The zero-order chi connectivity index (χ0) is 24.6. The first-order chi connectivity index (χ1) is 15.3. The topological polar surface area (TPSA) is 126 Å². The zero-order valence-electron chi connectivity index (χ0n) is 18.0. The third-order valence-corrected chi connectivity index (χ3v) is 6.68. The van der Waals surface area contributed by atoms with Crippen LogP contribution in [0.4, 0.5) is 35.4 Å². The Balaban J connectivity index is 1.98. The van der Waals surface area contributed by atoms with E-state index in [0.717, 1.165) is 23.3 Å². The van der Waals surface area contributed by atoms with Gasteiger partial charge in [0.15, 0.2) is 0 Å². The van der Waals surface area contributed by atoms with Gasteiger partial charge in [0.05, 0.1) is 11.8 Å². The van der Waals surface area contributed by atoms with E-state index in [9.17, 15) is 26.4 Å². The molecule has 2 heterocycles. The van der Waals surface area contributed by atoms with Crippen LogP contribution in [0.1, 0.15) is 42.6 Å². The molecule has 0 radical (unpaired) electrons. The highest BCUT2D eigenvalue weighted by Crippen LogP contribution is 2.40. The normalized spacial score (nSPS) is 16.8. The van der Waals surface area contributed by atoms with Gasteiger partial charge in [-0.1, -0.05) is 11.3 Å². The van der Waals surface area contributed by atoms with Crippen LogP contribution in [0.15, 0.2) is 22.4 Å². The van der Waals surface area contributed by atoms with E-state index in [4.69, 9.17) is 4.74 Å². The van der Waals surface area contributed by atoms with Crippen molar-refractivity contribution < 1.29 is 31.1 Å². The predicted molar refractivity (Wildman–Crippen MR) is 116 cm³/mol. The lowest BCUT2D eigenvalue weighted by molar-refractivity contribution is -0.0429. The van der Waals surface area contributed by atoms with Gasteiger partial charge in [-0.05, 0) is 51.3 Å². The lowest BCUT2D eigenvalue weighted by atomic mass is 9.96. The molecule has 180 valence electrons. The molecule has 0 bridgehead atoms. The van der Waals surface area contributed by atoms with Crippen LogP contribution in [0.5, 0.6) is 0 Å². The van der Waals surface area contributed by atoms with Crippen molar-refractivity contribution in [1.29, 1.82) is 0 Å². The molecule has 3 rings (SSSR count). The molecule has 0 fully saturated rings. The zero-order valence-corrected chi connectivity index (χ0v) is 19.7. The molecule has 1 unspecified atom stereocenters. The van der Waals surface area contributed by atoms with E-state index in [0.29, 0.717) is 12.1 Å². The van der Waals surface area contributed by atoms with E-state index in [1.807, 2.05) is 11.8 Å². The molecule has 1 atom stereocenters. The Hall–Kier alpha value is -2.81. The molecule has 2 aromatic rings. The molecule has 1 aliphatic rings. The molecule has 0 spiro atoms. The number of esters is 1. The van der Waals surface area contributed by atoms with Crippen molar-refractivity contribution in [1.82, 2.24) is 10.2 Å². The monoisotopic (exact) mass is 506 g/mol. The minimum atomic E-state index is -5.69. The smallest absolute Gasteiger partial charge is 0.458 e. The Morgan fingerprint density at radius 2 is 2.00 bits per heavy atom. The molecule has 0 saturated carbocycles. The molecule has 10 nitrogen and oxygen atoms in total. The van der Waals surface area contributed by atoms with Gasteiger partial charge in [0.2, 0.25) is 5.01 Å². The van der Waals surface area contributed by atoms with Gasteiger partial charge in [0.25, 0.3) is 5.13 Å². The van der Waals surface area contributed by atoms with E-state index in [2.05, 4.69) is 20.4 Å². The number of anilines is 2. The van der Waals surface area contributed by atoms with Crippen LogP contribution in [-0.4, -0.2) is 49.3 Å². The number of rotatable bonds is 6. The van der Waals surface area contributed by atoms with Gasteiger partial charge in [0, 0.05) is 18.8 Å². The standard InChI is InChI=1S/C18H21F3N6O4S2/c1-9(2)31-16(28)15-23-25-17(32-15)24-22-12-7-11-6-5-10(3)27(4)14(11)8-13(12)26-33(29,30)18(19,20)21/h7-10,26H,5-6H2,1-4H3. The maximum atomic E-state index is 13.0. The van der Waals surface area contributed by atoms with Crippen molar-refractivity contribution in [3.63, 3.8) is 0 Å². The molecule has 0 saturated heterocycles. The molecule has 1 aromatic heterocycles. The fraction of sp³-hybridized carbons (Fsp3) is 0.500. The van der Waals surface area contributed by atoms with Gasteiger partial charge in [-0.15, -0.1) is 20.4 Å². The summed E-state index contributed by atoms with van der Waals surface area (Å²) in [6.07, 6.45) is 1.05. The summed E-state index contributed by atoms with van der Waals surface area (Å²) in [5.74, 6) is -0.700. The Bertz CT molecular complexity index is 1180. The molecule has 1 N–H and O–H groups in total. The van der Waals surface area contributed by atoms with Crippen LogP contribution in [0.3, 0.4) is 0 Å². The third kappa shape index (κ3) is 5.58. The number of nitrogens with one attached hydrogen (secondary N) is 1. The Labute approximate surface area is 191 Å². The highest BCUT2D eigenvalue weighted by atomic mass is 32.2. The average molecular weight is 507 g/mol. The fourth-order valence-electron chi connectivity index (χ4n) is 3.01. The van der Waals surface area contributed by atoms with Crippen LogP contribution in [0, 0.1) is 0 Å². The molecule has 15 heteroatoms. The lowest BCUT2D eigenvalue weighted by Crippen LogP contribution is -2.34. The van der Waals surface area contributed by atoms with E-state index < -0.39 is 21.5 Å². The third-order valence-electron chi connectivity index (χ3n) is 4.79. The largest absolute Gasteiger partial charge is 0.516 e. The molecule has 0 aliphatic carbocycles. The summed E-state index contributed by atoms with van der Waals surface area (Å²) in [4.78, 5) is 13.7. The van der Waals surface area contributed by atoms with Gasteiger partial charge in [-0.3, -0.25) is 4.72 Å². The van der Waals surface area contributed by atoms with E-state index in [-0.39, 0.29) is 33.7 Å². The average Bonchev–Trinajstić information content (AvgIpc) is 3.17. The van der Waals surface area contributed by atoms with Crippen molar-refractivity contribution in [3.05, 3.63) is 22.7 Å². The van der Waals surface area contributed by atoms with E-state index >= 15 is 0 Å². The Morgan fingerprint density at radius 3 is 2.64 bits per heavy atom. The van der Waals surface area contributed by atoms with Crippen LogP contribution >= 0.6 is 11.3 Å². The number of alkyl halides is 3. The number of carbonyl (C=O) groups excluding carboxylic acids is 1. The number of sulfonamides is 1. The molecular weight excluding hydrogens is 485 g/mol. The first-order valence-corrected chi connectivity index (χ1v) is 12.0. The number of ether oxygens (including phenoxy) is 1. The molecule has 1 aromatic carbocycles. The van der Waals surface area contributed by atoms with Gasteiger partial charge >= 0.3 is 21.5 Å². The lowest BCUT2D eigenvalue weighted by Gasteiger charge is -2.34. The van der Waals surface area contributed by atoms with E-state index in [1.54, 1.807) is 25.6 Å². The van der Waals surface area contributed by atoms with E-state index in [1.165, 1.54) is 12.1 Å². The van der Waals surface area contributed by atoms with Gasteiger partial charge < -0.3 is 9.64 Å². The van der Waals surface area contributed by atoms with Gasteiger partial charge in [-0.25, -0.2) is 4.79 Å². The summed E-state index contributed by atoms with van der Waals surface area (Å²) in [6.45, 7) is 5.28. The number of nitrogens with zero attached hydrogens (tertiary/aromatic N) is 5. The first-order valence-electron chi connectivity index (χ1n) is 9.73. The summed E-state index contributed by atoms with van der Waals surface area (Å²) in [7, 11) is -3.92. The quantitative estimate of drug-likeness (QED) is 0.450. The van der Waals surface area contributed by atoms with Crippen LogP contribution in [-0.2, 0) is 21.2 Å². The summed E-state index contributed by atoms with van der Waals surface area (Å²) >= 11 is 0.771. The maximum absolute atomic E-state index is 13.0. The molecule has 1 aliphatic heterocycles. The van der Waals surface area contributed by atoms with Crippen LogP contribution in [0.2, 0.25) is 0 Å². The number of hydrogen-bond donors (Lipinski definition) is 1. The fourth-order valence-corrected chi connectivity index (χ4v) is 4.13. The summed E-state index contributed by atoms with van der Waals surface area (Å²) in [5, 5.41) is 14.9. The minimum absolute atomic E-state index is 0.0567. The molecule has 0 amide bonds. The van der Waals surface area contributed by atoms with Crippen molar-refractivity contribution >= 4 is 49.5 Å². The summed E-state index contributed by atoms with van der Waals surface area (Å²) in [6, 6.07) is 2.89. The Morgan fingerprint density at radius 1 is 1.30 bits per heavy atom. The van der Waals surface area contributed by atoms with Crippen LogP contribution < -0.4 is 9.62 Å². The highest BCUT2D eigenvalue weighted by molar-refractivity contribution is 7.93. The number of benzene rings is 1. The summed E-state index contributed by atoms with van der Waals surface area (Å²) in [5.41, 5.74) is -4.67. The minimum Gasteiger partial charge on any atom is -0.458 e. The number of fused-ring (bicyclic) bond motifs is 1. The first kappa shape index (κ1) is 24.8. The number of azo groups is 1. The number of halogens is 3. The van der Waals surface area contributed by atoms with Crippen LogP contribution in [0.25, 0.3) is 0 Å². The number of hydrogen-bond acceptors (Lipinski definition) is 10. The van der Waals surface area contributed by atoms with Crippen molar-refractivity contribution in [2.45, 2.75) is 51.3 Å². The second-order valence-corrected chi connectivity index (χ2v) is 10.2. The second-order valence-electron chi connectivity index (χ2n) is 7.59. The van der Waals surface area contributed by atoms with Gasteiger partial charge in [-0.2, -0.15) is 21.6 Å². The molecular formula is C18H21F3N6O4S2. The molecule has 33 heavy (non-hydrogen) atoms. The number of carbonyl (C=O) groups is 1. The van der Waals surface area contributed by atoms with Gasteiger partial charge in [0.1, 0.15) is 5.69 Å². The van der Waals surface area contributed by atoms with Crippen molar-refractivity contribution in [2.24, 2.45) is 10.2 Å². The number of aryl methyl sites for hydroxylation is 1. The predicted octanol–water partition coefficient (Wildman–Crippen LogP) is 4.55. The number of aromatic nitrogens is 2. The summed E-state index contributed by atoms with van der Waals surface area (Å²) < 4.78 is 68.9. The maximum Gasteiger partial charge on any atom is 0.516 e. The second kappa shape index (κ2) is 9.21. The van der Waals surface area contributed by atoms with Crippen molar-refractivity contribution in [2.75, 3.05) is 16.7 Å². The van der Waals surface area contributed by atoms with Crippen molar-refractivity contribution in [3.8, 4) is 0 Å². The Kier molecular flexibility index (Phi) is 6.93.